The standard InChI is InChI=1S/C6H6N6O2/c1-10-2-5(12(13)14)6(9-10)11-4-7-3-8-11/h2-4H,1H3. The zero-order chi connectivity index (χ0) is 10.1. The van der Waals surface area contributed by atoms with Gasteiger partial charge in [0.1, 0.15) is 18.9 Å². The molecule has 2 rings (SSSR count). The quantitative estimate of drug-likeness (QED) is 0.492. The van der Waals surface area contributed by atoms with Crippen LogP contribution in [0.4, 0.5) is 5.69 Å². The summed E-state index contributed by atoms with van der Waals surface area (Å²) in [5.74, 6) is 0.162. The first-order valence-corrected chi connectivity index (χ1v) is 3.71. The number of nitrogens with zero attached hydrogens (tertiary/aromatic N) is 6. The Kier molecular flexibility index (Phi) is 1.73. The minimum absolute atomic E-state index is 0.0991. The van der Waals surface area contributed by atoms with E-state index in [-0.39, 0.29) is 11.5 Å². The molecule has 0 bridgehead atoms. The Morgan fingerprint density at radius 2 is 2.36 bits per heavy atom. The van der Waals surface area contributed by atoms with Gasteiger partial charge in [0.2, 0.25) is 0 Å². The first-order valence-electron chi connectivity index (χ1n) is 3.71. The third kappa shape index (κ3) is 1.22. The largest absolute Gasteiger partial charge is 0.333 e. The Bertz CT molecular complexity index is 459. The molecule has 72 valence electrons. The molecule has 0 atom stereocenters. The molecular formula is C6H6N6O2. The van der Waals surface area contributed by atoms with Crippen LogP contribution in [0.3, 0.4) is 0 Å². The van der Waals surface area contributed by atoms with Crippen molar-refractivity contribution in [2.75, 3.05) is 0 Å². The van der Waals surface area contributed by atoms with E-state index in [0.29, 0.717) is 0 Å². The van der Waals surface area contributed by atoms with E-state index in [1.165, 1.54) is 28.2 Å². The van der Waals surface area contributed by atoms with Gasteiger partial charge in [-0.3, -0.25) is 14.8 Å². The van der Waals surface area contributed by atoms with Crippen LogP contribution < -0.4 is 0 Å². The summed E-state index contributed by atoms with van der Waals surface area (Å²) in [5, 5.41) is 18.3. The van der Waals surface area contributed by atoms with Crippen LogP contribution in [-0.2, 0) is 7.05 Å². The normalized spacial score (nSPS) is 10.4. The number of rotatable bonds is 2. The molecule has 0 unspecified atom stereocenters. The van der Waals surface area contributed by atoms with Crippen molar-refractivity contribution in [2.24, 2.45) is 7.05 Å². The van der Waals surface area contributed by atoms with Gasteiger partial charge >= 0.3 is 5.69 Å². The van der Waals surface area contributed by atoms with Crippen molar-refractivity contribution >= 4 is 5.69 Å². The van der Waals surface area contributed by atoms with Gasteiger partial charge in [0.25, 0.3) is 5.82 Å². The van der Waals surface area contributed by atoms with Crippen LogP contribution in [0.15, 0.2) is 18.9 Å². The van der Waals surface area contributed by atoms with E-state index in [2.05, 4.69) is 15.2 Å². The molecule has 0 N–H and O–H groups in total. The van der Waals surface area contributed by atoms with E-state index in [4.69, 9.17) is 0 Å². The first kappa shape index (κ1) is 8.35. The van der Waals surface area contributed by atoms with Crippen molar-refractivity contribution < 1.29 is 4.92 Å². The van der Waals surface area contributed by atoms with E-state index in [9.17, 15) is 10.1 Å². The lowest BCUT2D eigenvalue weighted by Crippen LogP contribution is -2.00. The maximum absolute atomic E-state index is 10.6. The van der Waals surface area contributed by atoms with Gasteiger partial charge in [-0.1, -0.05) is 0 Å². The van der Waals surface area contributed by atoms with Crippen molar-refractivity contribution in [2.45, 2.75) is 0 Å². The lowest BCUT2D eigenvalue weighted by atomic mass is 10.5. The van der Waals surface area contributed by atoms with Gasteiger partial charge in [0.05, 0.1) is 4.92 Å². The zero-order valence-corrected chi connectivity index (χ0v) is 7.23. The van der Waals surface area contributed by atoms with E-state index >= 15 is 0 Å². The molecule has 0 aliphatic carbocycles. The van der Waals surface area contributed by atoms with Crippen molar-refractivity contribution in [3.63, 3.8) is 0 Å². The van der Waals surface area contributed by atoms with Gasteiger partial charge in [-0.15, -0.1) is 5.10 Å². The zero-order valence-electron chi connectivity index (χ0n) is 7.23. The molecule has 8 nitrogen and oxygen atoms in total. The number of hydrogen-bond acceptors (Lipinski definition) is 5. The van der Waals surface area contributed by atoms with Gasteiger partial charge < -0.3 is 0 Å². The molecule has 0 amide bonds. The molecule has 2 heterocycles. The highest BCUT2D eigenvalue weighted by atomic mass is 16.6. The second kappa shape index (κ2) is 2.91. The van der Waals surface area contributed by atoms with Crippen molar-refractivity contribution in [3.05, 3.63) is 29.0 Å². The van der Waals surface area contributed by atoms with Gasteiger partial charge in [0, 0.05) is 7.05 Å². The van der Waals surface area contributed by atoms with Crippen LogP contribution in [0.5, 0.6) is 0 Å². The minimum atomic E-state index is -0.510. The lowest BCUT2D eigenvalue weighted by molar-refractivity contribution is -0.384. The van der Waals surface area contributed by atoms with Crippen molar-refractivity contribution in [1.82, 2.24) is 24.5 Å². The number of aryl methyl sites for hydroxylation is 1. The Morgan fingerprint density at radius 3 is 2.93 bits per heavy atom. The average molecular weight is 194 g/mol. The minimum Gasteiger partial charge on any atom is -0.266 e. The van der Waals surface area contributed by atoms with Crippen LogP contribution in [0.2, 0.25) is 0 Å². The van der Waals surface area contributed by atoms with Gasteiger partial charge in [0.15, 0.2) is 0 Å². The molecule has 8 heteroatoms. The molecular weight excluding hydrogens is 188 g/mol. The van der Waals surface area contributed by atoms with Crippen molar-refractivity contribution in [3.8, 4) is 5.82 Å². The Labute approximate surface area is 77.9 Å². The van der Waals surface area contributed by atoms with Crippen LogP contribution in [0.1, 0.15) is 0 Å². The van der Waals surface area contributed by atoms with Gasteiger partial charge in [-0.25, -0.2) is 4.98 Å². The highest BCUT2D eigenvalue weighted by molar-refractivity contribution is 5.43. The summed E-state index contributed by atoms with van der Waals surface area (Å²) < 4.78 is 2.60. The summed E-state index contributed by atoms with van der Waals surface area (Å²) in [5.41, 5.74) is -0.0991. The summed E-state index contributed by atoms with van der Waals surface area (Å²) in [6.07, 6.45) is 3.96. The highest BCUT2D eigenvalue weighted by Crippen LogP contribution is 2.18. The molecule has 0 saturated heterocycles. The summed E-state index contributed by atoms with van der Waals surface area (Å²) in [7, 11) is 1.60. The van der Waals surface area contributed by atoms with E-state index in [0.717, 1.165) is 0 Å². The fourth-order valence-electron chi connectivity index (χ4n) is 1.07. The summed E-state index contributed by atoms with van der Waals surface area (Å²) in [6.45, 7) is 0. The molecule has 0 radical (unpaired) electrons. The van der Waals surface area contributed by atoms with Crippen LogP contribution in [0, 0.1) is 10.1 Å². The molecule has 2 aromatic heterocycles. The molecule has 0 aromatic carbocycles. The SMILES string of the molecule is Cn1cc([N+](=O)[O-])c(-n2cncn2)n1. The van der Waals surface area contributed by atoms with Crippen LogP contribution in [0.25, 0.3) is 5.82 Å². The third-order valence-corrected chi connectivity index (χ3v) is 1.62. The maximum atomic E-state index is 10.6. The fourth-order valence-corrected chi connectivity index (χ4v) is 1.07. The van der Waals surface area contributed by atoms with Gasteiger partial charge in [-0.05, 0) is 0 Å². The van der Waals surface area contributed by atoms with E-state index in [1.54, 1.807) is 7.05 Å². The monoisotopic (exact) mass is 194 g/mol. The Hall–Kier alpha value is -2.25. The molecule has 0 spiro atoms. The van der Waals surface area contributed by atoms with E-state index in [1.807, 2.05) is 0 Å². The smallest absolute Gasteiger partial charge is 0.266 e. The van der Waals surface area contributed by atoms with Crippen molar-refractivity contribution in [1.29, 1.82) is 0 Å². The van der Waals surface area contributed by atoms with Crippen LogP contribution >= 0.6 is 0 Å². The average Bonchev–Trinajstić information content (AvgIpc) is 2.70. The lowest BCUT2D eigenvalue weighted by Gasteiger charge is -1.92. The number of hydrogen-bond donors (Lipinski definition) is 0. The first-order chi connectivity index (χ1) is 6.68. The molecule has 0 saturated carbocycles. The second-order valence-electron chi connectivity index (χ2n) is 2.61. The topological polar surface area (TPSA) is 91.7 Å². The molecule has 0 aliphatic heterocycles. The maximum Gasteiger partial charge on any atom is 0.333 e. The summed E-state index contributed by atoms with van der Waals surface area (Å²) in [6, 6.07) is 0. The van der Waals surface area contributed by atoms with E-state index < -0.39 is 4.92 Å². The second-order valence-corrected chi connectivity index (χ2v) is 2.61. The Morgan fingerprint density at radius 1 is 1.57 bits per heavy atom. The summed E-state index contributed by atoms with van der Waals surface area (Å²) >= 11 is 0. The predicted molar refractivity (Wildman–Crippen MR) is 44.8 cm³/mol. The number of aromatic nitrogens is 5. The van der Waals surface area contributed by atoms with Crippen LogP contribution in [-0.4, -0.2) is 29.5 Å². The molecule has 2 aromatic rings. The predicted octanol–water partition coefficient (Wildman–Crippen LogP) is -0.0910. The molecule has 0 aliphatic rings. The molecule has 0 fully saturated rings. The van der Waals surface area contributed by atoms with Gasteiger partial charge in [-0.2, -0.15) is 9.78 Å². The Balaban J connectivity index is 2.58. The highest BCUT2D eigenvalue weighted by Gasteiger charge is 2.20. The fraction of sp³-hybridized carbons (Fsp3) is 0.167. The third-order valence-electron chi connectivity index (χ3n) is 1.62. The number of nitro groups is 1. The molecule has 14 heavy (non-hydrogen) atoms. The summed E-state index contributed by atoms with van der Waals surface area (Å²) in [4.78, 5) is 13.8.